The van der Waals surface area contributed by atoms with Gasteiger partial charge in [-0.15, -0.1) is 0 Å². The van der Waals surface area contributed by atoms with Crippen molar-refractivity contribution in [2.75, 3.05) is 38.1 Å². The van der Waals surface area contributed by atoms with Crippen molar-refractivity contribution in [2.45, 2.75) is 6.42 Å². The summed E-state index contributed by atoms with van der Waals surface area (Å²) >= 11 is 3.38. The molecule has 1 N–H and O–H groups in total. The van der Waals surface area contributed by atoms with Crippen LogP contribution >= 0.6 is 15.9 Å². The van der Waals surface area contributed by atoms with E-state index in [1.165, 1.54) is 21.3 Å². The minimum atomic E-state index is -0.453. The zero-order valence-corrected chi connectivity index (χ0v) is 17.4. The Balaban J connectivity index is 1.80. The number of nitrogens with zero attached hydrogens (tertiary/aromatic N) is 1. The number of rotatable bonds is 6. The molecule has 1 fully saturated rings. The van der Waals surface area contributed by atoms with E-state index in [4.69, 9.17) is 14.2 Å². The smallest absolute Gasteiger partial charge is 0.229 e. The molecule has 0 saturated carbocycles. The van der Waals surface area contributed by atoms with Gasteiger partial charge in [0.2, 0.25) is 17.6 Å². The lowest BCUT2D eigenvalue weighted by atomic mass is 10.1. The van der Waals surface area contributed by atoms with E-state index >= 15 is 0 Å². The van der Waals surface area contributed by atoms with Crippen LogP contribution in [-0.4, -0.2) is 39.7 Å². The zero-order chi connectivity index (χ0) is 20.3. The second-order valence-corrected chi connectivity index (χ2v) is 7.20. The molecule has 2 aromatic carbocycles. The first-order valence-corrected chi connectivity index (χ1v) is 9.43. The van der Waals surface area contributed by atoms with E-state index < -0.39 is 5.92 Å². The molecule has 2 aromatic rings. The molecule has 28 heavy (non-hydrogen) atoms. The Morgan fingerprint density at radius 1 is 1.11 bits per heavy atom. The number of methoxy groups -OCH3 is 3. The van der Waals surface area contributed by atoms with Gasteiger partial charge in [-0.05, 0) is 18.2 Å². The minimum Gasteiger partial charge on any atom is -0.493 e. The summed E-state index contributed by atoms with van der Waals surface area (Å²) in [6.45, 7) is 0.275. The Labute approximate surface area is 171 Å². The summed E-state index contributed by atoms with van der Waals surface area (Å²) in [6.07, 6.45) is 0.135. The third-order valence-electron chi connectivity index (χ3n) is 4.55. The van der Waals surface area contributed by atoms with Crippen LogP contribution < -0.4 is 24.4 Å². The fraction of sp³-hybridized carbons (Fsp3) is 0.300. The molecular weight excluding hydrogens is 428 g/mol. The molecule has 8 heteroatoms. The third kappa shape index (κ3) is 4.06. The summed E-state index contributed by atoms with van der Waals surface area (Å²) in [5.74, 6) is 0.568. The highest BCUT2D eigenvalue weighted by atomic mass is 79.9. The van der Waals surface area contributed by atoms with E-state index in [2.05, 4.69) is 21.2 Å². The predicted octanol–water partition coefficient (Wildman–Crippen LogP) is 3.47. The largest absolute Gasteiger partial charge is 0.493 e. The summed E-state index contributed by atoms with van der Waals surface area (Å²) in [5, 5.41) is 2.86. The minimum absolute atomic E-state index is 0.135. The molecule has 1 aliphatic heterocycles. The molecule has 1 unspecified atom stereocenters. The number of ether oxygens (including phenoxy) is 3. The molecule has 0 radical (unpaired) electrons. The van der Waals surface area contributed by atoms with Crippen molar-refractivity contribution < 1.29 is 23.8 Å². The Kier molecular flexibility index (Phi) is 6.08. The van der Waals surface area contributed by atoms with Crippen molar-refractivity contribution in [3.05, 3.63) is 40.9 Å². The number of halogens is 1. The van der Waals surface area contributed by atoms with Crippen LogP contribution in [0.3, 0.4) is 0 Å². The van der Waals surface area contributed by atoms with Gasteiger partial charge in [-0.25, -0.2) is 0 Å². The number of nitrogens with one attached hydrogen (secondary N) is 1. The van der Waals surface area contributed by atoms with Crippen molar-refractivity contribution in [3.8, 4) is 17.2 Å². The normalized spacial score (nSPS) is 16.1. The number of anilines is 2. The van der Waals surface area contributed by atoms with Crippen molar-refractivity contribution >= 4 is 39.1 Å². The first-order chi connectivity index (χ1) is 13.5. The van der Waals surface area contributed by atoms with Gasteiger partial charge >= 0.3 is 0 Å². The SMILES string of the molecule is COc1cc(N2CC(C(=O)Nc3cccc(Br)c3)CC2=O)cc(OC)c1OC. The van der Waals surface area contributed by atoms with Crippen LogP contribution in [0.2, 0.25) is 0 Å². The maximum Gasteiger partial charge on any atom is 0.229 e. The Morgan fingerprint density at radius 3 is 2.36 bits per heavy atom. The summed E-state index contributed by atoms with van der Waals surface area (Å²) < 4.78 is 16.9. The van der Waals surface area contributed by atoms with Crippen LogP contribution in [0, 0.1) is 5.92 Å². The fourth-order valence-electron chi connectivity index (χ4n) is 3.17. The quantitative estimate of drug-likeness (QED) is 0.731. The number of hydrogen-bond acceptors (Lipinski definition) is 5. The van der Waals surface area contributed by atoms with E-state index in [1.807, 2.05) is 18.2 Å². The summed E-state index contributed by atoms with van der Waals surface area (Å²) in [5.41, 5.74) is 1.27. The Bertz CT molecular complexity index is 877. The van der Waals surface area contributed by atoms with Gasteiger partial charge in [0.1, 0.15) is 0 Å². The molecule has 148 valence electrons. The molecule has 1 atom stereocenters. The summed E-state index contributed by atoms with van der Waals surface area (Å²) in [4.78, 5) is 26.8. The second-order valence-electron chi connectivity index (χ2n) is 6.29. The molecule has 0 bridgehead atoms. The highest BCUT2D eigenvalue weighted by Crippen LogP contribution is 2.42. The van der Waals surface area contributed by atoms with Gasteiger partial charge in [0.15, 0.2) is 11.5 Å². The van der Waals surface area contributed by atoms with E-state index in [1.54, 1.807) is 23.1 Å². The Hall–Kier alpha value is -2.74. The first kappa shape index (κ1) is 20.0. The van der Waals surface area contributed by atoms with Gasteiger partial charge in [-0.3, -0.25) is 9.59 Å². The average Bonchev–Trinajstić information content (AvgIpc) is 3.08. The summed E-state index contributed by atoms with van der Waals surface area (Å²) in [7, 11) is 4.55. The molecule has 7 nitrogen and oxygen atoms in total. The van der Waals surface area contributed by atoms with Gasteiger partial charge in [0, 0.05) is 35.3 Å². The molecule has 3 rings (SSSR count). The maximum atomic E-state index is 12.6. The topological polar surface area (TPSA) is 77.1 Å². The van der Waals surface area contributed by atoms with Gasteiger partial charge in [-0.1, -0.05) is 22.0 Å². The lowest BCUT2D eigenvalue weighted by Gasteiger charge is -2.20. The average molecular weight is 449 g/mol. The van der Waals surface area contributed by atoms with Crippen molar-refractivity contribution in [2.24, 2.45) is 5.92 Å². The maximum absolute atomic E-state index is 12.6. The molecule has 2 amide bonds. The van der Waals surface area contributed by atoms with E-state index in [-0.39, 0.29) is 24.8 Å². The molecular formula is C20H21BrN2O5. The standard InChI is InChI=1S/C20H21BrN2O5/c1-26-16-9-15(10-17(27-2)19(16)28-3)23-11-12(7-18(23)24)20(25)22-14-6-4-5-13(21)8-14/h4-6,8-10,12H,7,11H2,1-3H3,(H,22,25). The van der Waals surface area contributed by atoms with Crippen molar-refractivity contribution in [3.63, 3.8) is 0 Å². The number of benzene rings is 2. The molecule has 1 saturated heterocycles. The highest BCUT2D eigenvalue weighted by Gasteiger charge is 2.36. The van der Waals surface area contributed by atoms with Crippen LogP contribution in [-0.2, 0) is 9.59 Å². The van der Waals surface area contributed by atoms with E-state index in [0.717, 1.165) is 4.47 Å². The predicted molar refractivity (Wildman–Crippen MR) is 109 cm³/mol. The number of carbonyl (C=O) groups is 2. The molecule has 0 spiro atoms. The van der Waals surface area contributed by atoms with Gasteiger partial charge in [0.25, 0.3) is 0 Å². The first-order valence-electron chi connectivity index (χ1n) is 8.63. The third-order valence-corrected chi connectivity index (χ3v) is 5.04. The summed E-state index contributed by atoms with van der Waals surface area (Å²) in [6, 6.07) is 10.7. The molecule has 1 aliphatic rings. The van der Waals surface area contributed by atoms with Gasteiger partial charge in [-0.2, -0.15) is 0 Å². The lowest BCUT2D eigenvalue weighted by Crippen LogP contribution is -2.28. The second kappa shape index (κ2) is 8.52. The van der Waals surface area contributed by atoms with E-state index in [9.17, 15) is 9.59 Å². The van der Waals surface area contributed by atoms with Crippen molar-refractivity contribution in [1.29, 1.82) is 0 Å². The van der Waals surface area contributed by atoms with Crippen LogP contribution in [0.4, 0.5) is 11.4 Å². The van der Waals surface area contributed by atoms with Crippen molar-refractivity contribution in [1.82, 2.24) is 0 Å². The van der Waals surface area contributed by atoms with Gasteiger partial charge < -0.3 is 24.4 Å². The number of amides is 2. The van der Waals surface area contributed by atoms with Crippen LogP contribution in [0.5, 0.6) is 17.2 Å². The van der Waals surface area contributed by atoms with Gasteiger partial charge in [0.05, 0.1) is 32.9 Å². The number of carbonyl (C=O) groups excluding carboxylic acids is 2. The zero-order valence-electron chi connectivity index (χ0n) is 15.8. The highest BCUT2D eigenvalue weighted by molar-refractivity contribution is 9.10. The lowest BCUT2D eigenvalue weighted by molar-refractivity contribution is -0.122. The van der Waals surface area contributed by atoms with E-state index in [0.29, 0.717) is 28.6 Å². The van der Waals surface area contributed by atoms with Crippen LogP contribution in [0.25, 0.3) is 0 Å². The molecule has 0 aliphatic carbocycles. The van der Waals surface area contributed by atoms with Crippen LogP contribution in [0.1, 0.15) is 6.42 Å². The Morgan fingerprint density at radius 2 is 1.79 bits per heavy atom. The van der Waals surface area contributed by atoms with Crippen LogP contribution in [0.15, 0.2) is 40.9 Å². The molecule has 1 heterocycles. The monoisotopic (exact) mass is 448 g/mol. The number of hydrogen-bond donors (Lipinski definition) is 1. The fourth-order valence-corrected chi connectivity index (χ4v) is 3.57. The molecule has 0 aromatic heterocycles.